The lowest BCUT2D eigenvalue weighted by Crippen LogP contribution is -2.53. The van der Waals surface area contributed by atoms with E-state index in [1.807, 2.05) is 13.1 Å². The first-order valence-electron chi connectivity index (χ1n) is 10.3. The molecule has 0 aliphatic carbocycles. The molecule has 0 spiro atoms. The minimum Gasteiger partial charge on any atom is -0.444 e. The number of amides is 1. The van der Waals surface area contributed by atoms with E-state index in [2.05, 4.69) is 20.8 Å². The summed E-state index contributed by atoms with van der Waals surface area (Å²) in [5.41, 5.74) is -0.269. The Morgan fingerprint density at radius 2 is 1.90 bits per heavy atom. The van der Waals surface area contributed by atoms with Crippen LogP contribution < -0.4 is 0 Å². The number of likely N-dealkylation sites (tertiary alicyclic amines) is 1. The highest BCUT2D eigenvalue weighted by molar-refractivity contribution is 8.13. The lowest BCUT2D eigenvalue weighted by molar-refractivity contribution is -0.384. The Bertz CT molecular complexity index is 811. The molecular weight excluding hydrogens is 436 g/mol. The van der Waals surface area contributed by atoms with Crippen molar-refractivity contribution in [2.45, 2.75) is 59.5 Å². The third-order valence-corrected chi connectivity index (χ3v) is 7.28. The molecule has 1 fully saturated rings. The largest absolute Gasteiger partial charge is 0.444 e. The van der Waals surface area contributed by atoms with Crippen LogP contribution in [0.4, 0.5) is 10.5 Å². The number of nitro benzene ring substituents is 1. The van der Waals surface area contributed by atoms with Gasteiger partial charge in [-0.3, -0.25) is 19.8 Å². The summed E-state index contributed by atoms with van der Waals surface area (Å²) in [5, 5.41) is 10.8. The molecule has 31 heavy (non-hydrogen) atoms. The van der Waals surface area contributed by atoms with Gasteiger partial charge in [0.15, 0.2) is 14.2 Å². The summed E-state index contributed by atoms with van der Waals surface area (Å²) in [5.74, 6) is 0.562. The fraction of sp³-hybridized carbons (Fsp3) is 0.619. The molecule has 1 amide bonds. The van der Waals surface area contributed by atoms with Crippen LogP contribution in [0.3, 0.4) is 0 Å². The maximum atomic E-state index is 13.1. The Morgan fingerprint density at radius 1 is 1.29 bits per heavy atom. The van der Waals surface area contributed by atoms with Crippen LogP contribution in [-0.4, -0.2) is 48.1 Å². The third-order valence-electron chi connectivity index (χ3n) is 5.37. The monoisotopic (exact) mass is 468 g/mol. The van der Waals surface area contributed by atoms with Gasteiger partial charge in [0.1, 0.15) is 12.3 Å². The zero-order valence-electron chi connectivity index (χ0n) is 19.0. The van der Waals surface area contributed by atoms with Gasteiger partial charge < -0.3 is 9.16 Å². The Morgan fingerprint density at radius 3 is 2.39 bits per heavy atom. The van der Waals surface area contributed by atoms with Crippen LogP contribution in [0.5, 0.6) is 0 Å². The average molecular weight is 469 g/mol. The number of hydrogen-bond donors (Lipinski definition) is 0. The van der Waals surface area contributed by atoms with Gasteiger partial charge in [0.25, 0.3) is 5.69 Å². The van der Waals surface area contributed by atoms with Gasteiger partial charge in [0.2, 0.25) is 0 Å². The van der Waals surface area contributed by atoms with Crippen molar-refractivity contribution in [3.05, 3.63) is 39.9 Å². The Labute approximate surface area is 189 Å². The summed E-state index contributed by atoms with van der Waals surface area (Å²) in [7, 11) is -1.55. The minimum atomic E-state index is -1.55. The van der Waals surface area contributed by atoms with Gasteiger partial charge in [-0.05, 0) is 42.1 Å². The molecule has 2 atom stereocenters. The number of thioether (sulfide) groups is 1. The maximum Gasteiger partial charge on any atom is 0.412 e. The van der Waals surface area contributed by atoms with Crippen molar-refractivity contribution in [1.82, 2.24) is 4.90 Å². The molecule has 0 bridgehead atoms. The van der Waals surface area contributed by atoms with Crippen molar-refractivity contribution in [3.8, 4) is 0 Å². The summed E-state index contributed by atoms with van der Waals surface area (Å²) in [6.07, 6.45) is 0.151. The van der Waals surface area contributed by atoms with Crippen molar-refractivity contribution in [2.75, 3.05) is 12.3 Å². The van der Waals surface area contributed by atoms with Crippen LogP contribution in [0, 0.1) is 21.4 Å². The second-order valence-corrected chi connectivity index (χ2v) is 12.7. The fourth-order valence-corrected chi connectivity index (χ4v) is 5.72. The van der Waals surface area contributed by atoms with Crippen LogP contribution in [0.2, 0.25) is 13.1 Å². The summed E-state index contributed by atoms with van der Waals surface area (Å²) < 4.78 is 12.0. The molecule has 1 aliphatic heterocycles. The molecule has 1 heterocycles. The molecule has 10 heteroatoms. The predicted molar refractivity (Wildman–Crippen MR) is 123 cm³/mol. The van der Waals surface area contributed by atoms with Crippen LogP contribution in [-0.2, 0) is 20.6 Å². The highest BCUT2D eigenvalue weighted by Crippen LogP contribution is 2.45. The predicted octanol–water partition coefficient (Wildman–Crippen LogP) is 4.58. The molecule has 1 aliphatic rings. The van der Waals surface area contributed by atoms with Gasteiger partial charge in [-0.25, -0.2) is 4.79 Å². The second kappa shape index (κ2) is 10.1. The molecule has 8 nitrogen and oxygen atoms in total. The van der Waals surface area contributed by atoms with E-state index in [0.29, 0.717) is 24.3 Å². The van der Waals surface area contributed by atoms with E-state index in [1.165, 1.54) is 30.8 Å². The topological polar surface area (TPSA) is 99.0 Å². The Balaban J connectivity index is 2.22. The zero-order valence-corrected chi connectivity index (χ0v) is 21.0. The lowest BCUT2D eigenvalue weighted by atomic mass is 9.79. The van der Waals surface area contributed by atoms with Gasteiger partial charge in [0.05, 0.1) is 4.92 Å². The first-order valence-corrected chi connectivity index (χ1v) is 14.1. The van der Waals surface area contributed by atoms with E-state index in [9.17, 15) is 19.7 Å². The molecule has 0 N–H and O–H groups in total. The van der Waals surface area contributed by atoms with Gasteiger partial charge in [-0.15, -0.1) is 0 Å². The number of benzene rings is 1. The first kappa shape index (κ1) is 25.3. The standard InChI is InChI=1S/C21H32N2O6SSi/c1-15(24)30-14-21(29-31(5)6)11-17(20(2,3)4)12-22(21)19(25)28-13-16-7-9-18(10-8-16)23(26)27/h7-10,17,31H,11-14H2,1-6H3/t17-,21-/m0/s1. The zero-order chi connectivity index (χ0) is 23.4. The normalized spacial score (nSPS) is 21.4. The molecule has 172 valence electrons. The summed E-state index contributed by atoms with van der Waals surface area (Å²) in [6, 6.07) is 5.92. The van der Waals surface area contributed by atoms with Gasteiger partial charge in [-0.1, -0.05) is 32.5 Å². The van der Waals surface area contributed by atoms with E-state index < -0.39 is 25.8 Å². The van der Waals surface area contributed by atoms with Crippen LogP contribution in [0.15, 0.2) is 24.3 Å². The molecule has 1 saturated heterocycles. The highest BCUT2D eigenvalue weighted by atomic mass is 32.2. The van der Waals surface area contributed by atoms with Crippen LogP contribution >= 0.6 is 11.8 Å². The first-order chi connectivity index (χ1) is 14.3. The highest BCUT2D eigenvalue weighted by Gasteiger charge is 2.52. The number of non-ortho nitro benzene ring substituents is 1. The SMILES string of the molecule is CC(=O)SC[C@@]1(O[SiH](C)C)C[C@H](C(C)(C)C)CN1C(=O)OCc1ccc([N+](=O)[O-])cc1. The van der Waals surface area contributed by atoms with Gasteiger partial charge in [-0.2, -0.15) is 0 Å². The average Bonchev–Trinajstić information content (AvgIpc) is 3.04. The van der Waals surface area contributed by atoms with Gasteiger partial charge >= 0.3 is 6.09 Å². The molecule has 1 aromatic carbocycles. The molecular formula is C21H32N2O6SSi. The van der Waals surface area contributed by atoms with Crippen LogP contribution in [0.25, 0.3) is 0 Å². The van der Waals surface area contributed by atoms with Crippen LogP contribution in [0.1, 0.15) is 39.7 Å². The number of carbonyl (C=O) groups is 2. The molecule has 0 unspecified atom stereocenters. The van der Waals surface area contributed by atoms with E-state index in [4.69, 9.17) is 9.16 Å². The molecule has 0 saturated carbocycles. The maximum absolute atomic E-state index is 13.1. The molecule has 2 rings (SSSR count). The molecule has 0 radical (unpaired) electrons. The van der Waals surface area contributed by atoms with Crippen molar-refractivity contribution in [2.24, 2.45) is 11.3 Å². The van der Waals surface area contributed by atoms with Crippen molar-refractivity contribution < 1.29 is 23.7 Å². The number of nitro groups is 1. The minimum absolute atomic E-state index is 0.00253. The van der Waals surface area contributed by atoms with E-state index in [1.54, 1.807) is 17.0 Å². The molecule has 1 aromatic rings. The summed E-state index contributed by atoms with van der Waals surface area (Å²) >= 11 is 1.17. The number of rotatable bonds is 7. The Hall–Kier alpha value is -1.91. The summed E-state index contributed by atoms with van der Waals surface area (Å²) in [4.78, 5) is 36.8. The fourth-order valence-electron chi connectivity index (χ4n) is 3.64. The quantitative estimate of drug-likeness (QED) is 0.328. The van der Waals surface area contributed by atoms with E-state index in [0.717, 1.165) is 0 Å². The third kappa shape index (κ3) is 6.78. The van der Waals surface area contributed by atoms with Gasteiger partial charge in [0, 0.05) is 37.8 Å². The summed E-state index contributed by atoms with van der Waals surface area (Å²) in [6.45, 7) is 12.5. The number of carbonyl (C=O) groups excluding carboxylic acids is 2. The van der Waals surface area contributed by atoms with Crippen molar-refractivity contribution in [3.63, 3.8) is 0 Å². The Kier molecular flexibility index (Phi) is 8.29. The van der Waals surface area contributed by atoms with Crippen molar-refractivity contribution in [1.29, 1.82) is 0 Å². The number of ether oxygens (including phenoxy) is 1. The smallest absolute Gasteiger partial charge is 0.412 e. The number of nitrogens with zero attached hydrogens (tertiary/aromatic N) is 2. The van der Waals surface area contributed by atoms with E-state index >= 15 is 0 Å². The molecule has 0 aromatic heterocycles. The van der Waals surface area contributed by atoms with E-state index in [-0.39, 0.29) is 28.7 Å². The van der Waals surface area contributed by atoms with Crippen molar-refractivity contribution >= 4 is 37.7 Å². The number of hydrogen-bond acceptors (Lipinski definition) is 7. The lowest BCUT2D eigenvalue weighted by Gasteiger charge is -2.39. The second-order valence-electron chi connectivity index (χ2n) is 9.25.